The zero-order valence-electron chi connectivity index (χ0n) is 9.83. The van der Waals surface area contributed by atoms with Crippen LogP contribution in [0.1, 0.15) is 8.22 Å². The lowest BCUT2D eigenvalue weighted by molar-refractivity contribution is 0.397. The largest absolute Gasteiger partial charge is 0.479 e. The second-order valence-electron chi connectivity index (χ2n) is 1.10. The van der Waals surface area contributed by atoms with Gasteiger partial charge in [0.1, 0.15) is 0 Å². The molecule has 1 aromatic heterocycles. The number of hydrogen-bond donors (Lipinski definition) is 0. The lowest BCUT2D eigenvalue weighted by atomic mass is 10.8. The van der Waals surface area contributed by atoms with Crippen molar-refractivity contribution in [1.29, 1.82) is 0 Å². The van der Waals surface area contributed by atoms with E-state index in [1.807, 2.05) is 0 Å². The molecule has 0 N–H and O–H groups in total. The van der Waals surface area contributed by atoms with Gasteiger partial charge in [0.25, 0.3) is 5.88 Å². The zero-order chi connectivity index (χ0) is 11.0. The van der Waals surface area contributed by atoms with Gasteiger partial charge in [-0.2, -0.15) is 0 Å². The number of hydrogen-bond acceptors (Lipinski definition) is 3. The summed E-state index contributed by atoms with van der Waals surface area (Å²) in [4.78, 5) is 0. The summed E-state index contributed by atoms with van der Waals surface area (Å²) in [7, 11) is -2.66. The van der Waals surface area contributed by atoms with Gasteiger partial charge < -0.3 is 4.74 Å². The topological polar surface area (TPSA) is 39.9 Å². The molecule has 1 aromatic rings. The molecular formula is C4H7N3O. The summed E-state index contributed by atoms with van der Waals surface area (Å²) in [5.74, 6) is -0.346. The fourth-order valence-electron chi connectivity index (χ4n) is 0.295. The molecule has 0 atom stereocenters. The summed E-state index contributed by atoms with van der Waals surface area (Å²) in [6.07, 6.45) is 0.902. The second-order valence-corrected chi connectivity index (χ2v) is 1.10. The van der Waals surface area contributed by atoms with Crippen LogP contribution in [0.2, 0.25) is 0 Å². The summed E-state index contributed by atoms with van der Waals surface area (Å²) in [6, 6.07) is 0. The molecule has 0 amide bonds. The Morgan fingerprint density at radius 2 is 3.00 bits per heavy atom. The summed E-state index contributed by atoms with van der Waals surface area (Å²) >= 11 is 0. The van der Waals surface area contributed by atoms with Gasteiger partial charge in [0, 0.05) is 11.1 Å². The van der Waals surface area contributed by atoms with E-state index in [4.69, 9.17) is 8.22 Å². The average molecular weight is 119 g/mol. The first kappa shape index (κ1) is 1.46. The Bertz CT molecular complexity index is 314. The molecule has 0 saturated carbocycles. The van der Waals surface area contributed by atoms with E-state index >= 15 is 0 Å². The fourth-order valence-corrected chi connectivity index (χ4v) is 0.295. The Hall–Kier alpha value is -1.06. The molecule has 0 radical (unpaired) electrons. The highest BCUT2D eigenvalue weighted by Gasteiger charge is 1.91. The third kappa shape index (κ3) is 0.776. The van der Waals surface area contributed by atoms with Crippen LogP contribution in [0.5, 0.6) is 5.88 Å². The molecule has 4 nitrogen and oxygen atoms in total. The van der Waals surface area contributed by atoms with Crippen LogP contribution in [-0.4, -0.2) is 22.0 Å². The molecule has 0 fully saturated rings. The van der Waals surface area contributed by atoms with Crippen LogP contribution in [0.3, 0.4) is 0 Å². The predicted octanol–water partition coefficient (Wildman–Crippen LogP) is -0.176. The van der Waals surface area contributed by atoms with Gasteiger partial charge in [-0.05, 0) is 0 Å². The van der Waals surface area contributed by atoms with E-state index in [0.717, 1.165) is 6.20 Å². The number of aryl methyl sites for hydroxylation is 1. The van der Waals surface area contributed by atoms with E-state index in [2.05, 4.69) is 15.0 Å². The van der Waals surface area contributed by atoms with Gasteiger partial charge in [-0.1, -0.05) is 10.3 Å². The first-order chi connectivity index (χ1) is 6.18. The average Bonchev–Trinajstić information content (AvgIpc) is 2.29. The molecule has 0 aromatic carbocycles. The van der Waals surface area contributed by atoms with Crippen molar-refractivity contribution in [3.05, 3.63) is 6.20 Å². The van der Waals surface area contributed by atoms with E-state index in [9.17, 15) is 0 Å². The van der Waals surface area contributed by atoms with Crippen molar-refractivity contribution in [2.45, 2.75) is 0 Å². The summed E-state index contributed by atoms with van der Waals surface area (Å²) in [6.45, 7) is -2.48. The zero-order valence-corrected chi connectivity index (χ0v) is 3.83. The second kappa shape index (κ2) is 1.81. The van der Waals surface area contributed by atoms with Crippen molar-refractivity contribution < 1.29 is 13.0 Å². The molecule has 1 rings (SSSR count). The first-order valence-corrected chi connectivity index (χ1v) is 1.80. The Balaban J connectivity index is 2.79. The van der Waals surface area contributed by atoms with Crippen molar-refractivity contribution >= 4 is 0 Å². The molecule has 0 aliphatic carbocycles. The molecule has 0 aliphatic heterocycles. The van der Waals surface area contributed by atoms with E-state index in [1.165, 1.54) is 0 Å². The number of nitrogens with zero attached hydrogens (tertiary/aromatic N) is 3. The van der Waals surface area contributed by atoms with Gasteiger partial charge in [-0.3, -0.25) is 4.68 Å². The molecule has 0 bridgehead atoms. The van der Waals surface area contributed by atoms with Gasteiger partial charge in [0.15, 0.2) is 0 Å². The van der Waals surface area contributed by atoms with E-state index in [1.54, 1.807) is 0 Å². The maximum absolute atomic E-state index is 6.91. The number of rotatable bonds is 1. The van der Waals surface area contributed by atoms with Crippen LogP contribution >= 0.6 is 0 Å². The monoisotopic (exact) mass is 119 g/mol. The Morgan fingerprint density at radius 1 is 2.00 bits per heavy atom. The molecule has 0 unspecified atom stereocenters. The van der Waals surface area contributed by atoms with Gasteiger partial charge in [0.05, 0.1) is 17.3 Å². The van der Waals surface area contributed by atoms with Gasteiger partial charge in [-0.25, -0.2) is 0 Å². The van der Waals surface area contributed by atoms with E-state index < -0.39 is 14.0 Å². The van der Waals surface area contributed by atoms with Crippen molar-refractivity contribution in [2.24, 2.45) is 6.98 Å². The quantitative estimate of drug-likeness (QED) is 0.515. The highest BCUT2D eigenvalue weighted by Crippen LogP contribution is 1.97. The number of methoxy groups -OCH3 is 1. The highest BCUT2D eigenvalue weighted by atomic mass is 16.5. The van der Waals surface area contributed by atoms with Crippen LogP contribution in [0.25, 0.3) is 0 Å². The number of ether oxygens (including phenoxy) is 1. The van der Waals surface area contributed by atoms with Crippen LogP contribution in [0.4, 0.5) is 0 Å². The summed E-state index contributed by atoms with van der Waals surface area (Å²) in [5.41, 5.74) is 0. The lowest BCUT2D eigenvalue weighted by Crippen LogP contribution is -1.85. The Labute approximate surface area is 55.5 Å². The molecule has 4 heteroatoms. The van der Waals surface area contributed by atoms with Gasteiger partial charge in [0.2, 0.25) is 0 Å². The Morgan fingerprint density at radius 3 is 3.62 bits per heavy atom. The summed E-state index contributed by atoms with van der Waals surface area (Å²) < 4.78 is 45.8. The highest BCUT2D eigenvalue weighted by molar-refractivity contribution is 4.97. The lowest BCUT2D eigenvalue weighted by Gasteiger charge is -1.84. The van der Waals surface area contributed by atoms with Crippen molar-refractivity contribution in [1.82, 2.24) is 15.0 Å². The van der Waals surface area contributed by atoms with Crippen LogP contribution in [0.15, 0.2) is 6.20 Å². The minimum absolute atomic E-state index is 0.346. The standard InChI is InChI=1S/C4H7N3O/c1-7-3-4(8-2)5-6-7/h3H,1-2H3/i1D3,2D3. The normalized spacial score (nSPS) is 23.5. The van der Waals surface area contributed by atoms with Gasteiger partial charge >= 0.3 is 0 Å². The maximum Gasteiger partial charge on any atom is 0.253 e. The van der Waals surface area contributed by atoms with Crippen molar-refractivity contribution in [3.8, 4) is 5.88 Å². The van der Waals surface area contributed by atoms with Crippen LogP contribution in [0, 0.1) is 0 Å². The Kier molecular flexibility index (Phi) is 0.332. The minimum atomic E-state index is -2.66. The molecule has 0 aliphatic rings. The molecular weight excluding hydrogens is 106 g/mol. The maximum atomic E-state index is 6.91. The van der Waals surface area contributed by atoms with Crippen molar-refractivity contribution in [2.75, 3.05) is 7.04 Å². The number of aromatic nitrogens is 3. The first-order valence-electron chi connectivity index (χ1n) is 4.80. The predicted molar refractivity (Wildman–Crippen MR) is 27.6 cm³/mol. The van der Waals surface area contributed by atoms with E-state index in [-0.39, 0.29) is 5.88 Å². The molecule has 1 heterocycles. The molecule has 44 valence electrons. The fraction of sp³-hybridized carbons (Fsp3) is 0.500. The third-order valence-corrected chi connectivity index (χ3v) is 0.577. The molecule has 8 heavy (non-hydrogen) atoms. The third-order valence-electron chi connectivity index (χ3n) is 0.577. The molecule has 0 spiro atoms. The summed E-state index contributed by atoms with van der Waals surface area (Å²) in [5, 5.41) is 6.44. The van der Waals surface area contributed by atoms with Crippen LogP contribution < -0.4 is 4.74 Å². The van der Waals surface area contributed by atoms with Crippen molar-refractivity contribution in [3.63, 3.8) is 0 Å². The minimum Gasteiger partial charge on any atom is -0.479 e. The van der Waals surface area contributed by atoms with Crippen LogP contribution in [-0.2, 0) is 6.98 Å². The van der Waals surface area contributed by atoms with Gasteiger partial charge in [-0.15, -0.1) is 0 Å². The molecule has 0 saturated heterocycles. The van der Waals surface area contributed by atoms with E-state index in [0.29, 0.717) is 4.68 Å². The SMILES string of the molecule is [2H]C([2H])([2H])Oc1cn(C([2H])([2H])[2H])nn1. The smallest absolute Gasteiger partial charge is 0.253 e.